The fraction of sp³-hybridized carbons (Fsp3) is 0.500. The van der Waals surface area contributed by atoms with Crippen LogP contribution < -0.4 is 15.5 Å². The number of carbonyl (C=O) groups is 2. The van der Waals surface area contributed by atoms with Crippen molar-refractivity contribution in [2.45, 2.75) is 25.9 Å². The van der Waals surface area contributed by atoms with Crippen LogP contribution >= 0.6 is 12.4 Å². The van der Waals surface area contributed by atoms with Crippen LogP contribution in [0, 0.1) is 0 Å². The Kier molecular flexibility index (Phi) is 5.16. The van der Waals surface area contributed by atoms with Crippen LogP contribution in [0.3, 0.4) is 0 Å². The number of imide groups is 1. The molecule has 23 heavy (non-hydrogen) atoms. The topological polar surface area (TPSA) is 64.7 Å². The van der Waals surface area contributed by atoms with Crippen LogP contribution in [0.4, 0.5) is 10.5 Å². The summed E-state index contributed by atoms with van der Waals surface area (Å²) in [5.74, 6) is -0.154. The first-order valence-electron chi connectivity index (χ1n) is 7.67. The number of carbonyl (C=O) groups excluding carboxylic acids is 2. The molecule has 0 spiro atoms. The van der Waals surface area contributed by atoms with Crippen LogP contribution in [0.15, 0.2) is 24.3 Å². The summed E-state index contributed by atoms with van der Waals surface area (Å²) >= 11 is 0. The fourth-order valence-corrected chi connectivity index (χ4v) is 3.00. The maximum atomic E-state index is 12.2. The molecule has 126 valence electrons. The molecule has 1 saturated heterocycles. The van der Waals surface area contributed by atoms with Gasteiger partial charge in [-0.1, -0.05) is 18.2 Å². The highest BCUT2D eigenvalue weighted by Gasteiger charge is 2.44. The molecule has 1 aromatic carbocycles. The highest BCUT2D eigenvalue weighted by molar-refractivity contribution is 6.06. The normalized spacial score (nSPS) is 19.7. The van der Waals surface area contributed by atoms with Gasteiger partial charge in [-0.05, 0) is 25.5 Å². The summed E-state index contributed by atoms with van der Waals surface area (Å²) in [5, 5.41) is 6.11. The minimum absolute atomic E-state index is 0. The summed E-state index contributed by atoms with van der Waals surface area (Å²) in [7, 11) is 0. The van der Waals surface area contributed by atoms with Gasteiger partial charge in [-0.2, -0.15) is 0 Å². The third-order valence-corrected chi connectivity index (χ3v) is 4.24. The summed E-state index contributed by atoms with van der Waals surface area (Å²) in [6.07, 6.45) is 0. The molecule has 0 radical (unpaired) electrons. The second-order valence-corrected chi connectivity index (χ2v) is 6.30. The number of urea groups is 1. The van der Waals surface area contributed by atoms with Crippen LogP contribution in [0.25, 0.3) is 0 Å². The van der Waals surface area contributed by atoms with Crippen molar-refractivity contribution >= 4 is 30.0 Å². The lowest BCUT2D eigenvalue weighted by Crippen LogP contribution is -2.42. The van der Waals surface area contributed by atoms with Crippen molar-refractivity contribution in [1.29, 1.82) is 0 Å². The van der Waals surface area contributed by atoms with Crippen molar-refractivity contribution in [3.05, 3.63) is 29.8 Å². The van der Waals surface area contributed by atoms with E-state index in [0.29, 0.717) is 13.1 Å². The van der Waals surface area contributed by atoms with Gasteiger partial charge in [-0.15, -0.1) is 12.4 Å². The molecule has 1 aromatic rings. The number of para-hydroxylation sites is 1. The molecule has 2 aliphatic rings. The molecule has 0 aromatic heterocycles. The van der Waals surface area contributed by atoms with E-state index >= 15 is 0 Å². The molecular weight excluding hydrogens is 316 g/mol. The van der Waals surface area contributed by atoms with Crippen molar-refractivity contribution < 1.29 is 9.59 Å². The summed E-state index contributed by atoms with van der Waals surface area (Å²) in [4.78, 5) is 27.7. The first kappa shape index (κ1) is 17.6. The van der Waals surface area contributed by atoms with Gasteiger partial charge in [0.25, 0.3) is 5.91 Å². The Balaban J connectivity index is 0.00000192. The Morgan fingerprint density at radius 3 is 2.61 bits per heavy atom. The predicted octanol–water partition coefficient (Wildman–Crippen LogP) is 1.35. The number of nitrogens with one attached hydrogen (secondary N) is 2. The van der Waals surface area contributed by atoms with E-state index in [2.05, 4.69) is 27.7 Å². The summed E-state index contributed by atoms with van der Waals surface area (Å²) < 4.78 is 0. The number of hydrogen-bond donors (Lipinski definition) is 2. The van der Waals surface area contributed by atoms with Crippen molar-refractivity contribution in [2.75, 3.05) is 31.1 Å². The van der Waals surface area contributed by atoms with Gasteiger partial charge in [0.05, 0.1) is 0 Å². The van der Waals surface area contributed by atoms with Crippen molar-refractivity contribution in [3.63, 3.8) is 0 Å². The molecule has 2 N–H and O–H groups in total. The maximum Gasteiger partial charge on any atom is 0.325 e. The van der Waals surface area contributed by atoms with E-state index in [-0.39, 0.29) is 24.3 Å². The molecule has 0 unspecified atom stereocenters. The van der Waals surface area contributed by atoms with Crippen molar-refractivity contribution in [2.24, 2.45) is 0 Å². The summed E-state index contributed by atoms with van der Waals surface area (Å²) in [5.41, 5.74) is 1.63. The van der Waals surface area contributed by atoms with Crippen LogP contribution in [-0.2, 0) is 11.3 Å². The third kappa shape index (κ3) is 3.43. The van der Waals surface area contributed by atoms with Gasteiger partial charge in [0.1, 0.15) is 5.54 Å². The van der Waals surface area contributed by atoms with E-state index in [1.54, 1.807) is 13.8 Å². The number of fused-ring (bicyclic) bond motifs is 1. The monoisotopic (exact) mass is 338 g/mol. The Morgan fingerprint density at radius 2 is 1.91 bits per heavy atom. The maximum absolute atomic E-state index is 12.2. The molecular formula is C16H23ClN4O2. The lowest BCUT2D eigenvalue weighted by Gasteiger charge is -2.26. The van der Waals surface area contributed by atoms with E-state index in [0.717, 1.165) is 19.6 Å². The number of hydrogen-bond acceptors (Lipinski definition) is 4. The first-order valence-corrected chi connectivity index (χ1v) is 7.67. The van der Waals surface area contributed by atoms with Crippen LogP contribution in [0.2, 0.25) is 0 Å². The molecule has 0 bridgehead atoms. The zero-order chi connectivity index (χ0) is 15.7. The number of amides is 3. The molecule has 7 heteroatoms. The van der Waals surface area contributed by atoms with Gasteiger partial charge in [0, 0.05) is 38.4 Å². The zero-order valence-electron chi connectivity index (χ0n) is 13.5. The lowest BCUT2D eigenvalue weighted by atomic mass is 10.1. The minimum Gasteiger partial charge on any atom is -0.368 e. The number of nitrogens with zero attached hydrogens (tertiary/aromatic N) is 2. The molecule has 2 heterocycles. The van der Waals surface area contributed by atoms with Crippen molar-refractivity contribution in [3.8, 4) is 0 Å². The predicted molar refractivity (Wildman–Crippen MR) is 91.9 cm³/mol. The van der Waals surface area contributed by atoms with Crippen LogP contribution in [-0.4, -0.2) is 48.6 Å². The van der Waals surface area contributed by atoms with Gasteiger partial charge in [-0.25, -0.2) is 4.79 Å². The lowest BCUT2D eigenvalue weighted by molar-refractivity contribution is -0.130. The molecule has 6 nitrogen and oxygen atoms in total. The quantitative estimate of drug-likeness (QED) is 0.817. The van der Waals surface area contributed by atoms with Gasteiger partial charge in [0.2, 0.25) is 0 Å². The Labute approximate surface area is 142 Å². The van der Waals surface area contributed by atoms with Gasteiger partial charge >= 0.3 is 6.03 Å². The van der Waals surface area contributed by atoms with E-state index in [4.69, 9.17) is 0 Å². The molecule has 0 atom stereocenters. The number of anilines is 1. The van der Waals surface area contributed by atoms with E-state index < -0.39 is 5.54 Å². The second kappa shape index (κ2) is 6.76. The largest absolute Gasteiger partial charge is 0.368 e. The Hall–Kier alpha value is -1.79. The standard InChI is InChI=1S/C16H22N4O2.ClH/c1-16(2)14(21)20(15(22)18-16)10-9-19-8-7-17-11-12-5-3-4-6-13(12)19;/h3-6,17H,7-11H2,1-2H3,(H,18,22);1H. The zero-order valence-corrected chi connectivity index (χ0v) is 14.3. The SMILES string of the molecule is CC1(C)NC(=O)N(CCN2CCNCc3ccccc32)C1=O.Cl. The molecule has 1 fully saturated rings. The molecule has 2 aliphatic heterocycles. The Morgan fingerprint density at radius 1 is 1.17 bits per heavy atom. The minimum atomic E-state index is -0.796. The van der Waals surface area contributed by atoms with Crippen LogP contribution in [0.1, 0.15) is 19.4 Å². The molecule has 0 saturated carbocycles. The fourth-order valence-electron chi connectivity index (χ4n) is 3.00. The summed E-state index contributed by atoms with van der Waals surface area (Å²) in [6.45, 7) is 7.13. The summed E-state index contributed by atoms with van der Waals surface area (Å²) in [6, 6.07) is 7.96. The molecule has 3 amide bonds. The van der Waals surface area contributed by atoms with E-state index in [1.807, 2.05) is 12.1 Å². The first-order chi connectivity index (χ1) is 10.5. The second-order valence-electron chi connectivity index (χ2n) is 6.30. The molecule has 3 rings (SSSR count). The van der Waals surface area contributed by atoms with Gasteiger partial charge in [0.15, 0.2) is 0 Å². The number of rotatable bonds is 3. The van der Waals surface area contributed by atoms with Crippen LogP contribution in [0.5, 0.6) is 0 Å². The number of benzene rings is 1. The van der Waals surface area contributed by atoms with Crippen molar-refractivity contribution in [1.82, 2.24) is 15.5 Å². The average Bonchev–Trinajstić information content (AvgIpc) is 2.64. The van der Waals surface area contributed by atoms with Gasteiger partial charge in [-0.3, -0.25) is 9.69 Å². The highest BCUT2D eigenvalue weighted by Crippen LogP contribution is 2.22. The highest BCUT2D eigenvalue weighted by atomic mass is 35.5. The van der Waals surface area contributed by atoms with E-state index in [1.165, 1.54) is 16.2 Å². The third-order valence-electron chi connectivity index (χ3n) is 4.24. The number of halogens is 1. The molecule has 0 aliphatic carbocycles. The smallest absolute Gasteiger partial charge is 0.325 e. The average molecular weight is 339 g/mol. The Bertz CT molecular complexity index is 605. The van der Waals surface area contributed by atoms with Gasteiger partial charge < -0.3 is 15.5 Å². The van der Waals surface area contributed by atoms with E-state index in [9.17, 15) is 9.59 Å².